The molecule has 6 unspecified atom stereocenters. The van der Waals surface area contributed by atoms with Gasteiger partial charge in [-0.05, 0) is 63.9 Å². The van der Waals surface area contributed by atoms with Gasteiger partial charge in [-0.25, -0.2) is 0 Å². The normalized spacial score (nSPS) is 44.9. The first kappa shape index (κ1) is 21.1. The average Bonchev–Trinajstić information content (AvgIpc) is 3.12. The summed E-state index contributed by atoms with van der Waals surface area (Å²) in [5.41, 5.74) is 1.09. The van der Waals surface area contributed by atoms with Crippen LogP contribution >= 0.6 is 0 Å². The quantitative estimate of drug-likeness (QED) is 0.502. The molecule has 0 aromatic carbocycles. The van der Waals surface area contributed by atoms with Crippen LogP contribution in [0.25, 0.3) is 0 Å². The summed E-state index contributed by atoms with van der Waals surface area (Å²) in [4.78, 5) is 36.3. The molecule has 1 saturated heterocycles. The first-order chi connectivity index (χ1) is 14.6. The zero-order valence-corrected chi connectivity index (χ0v) is 18.9. The van der Waals surface area contributed by atoms with Gasteiger partial charge in [0.05, 0.1) is 6.10 Å². The van der Waals surface area contributed by atoms with Gasteiger partial charge in [0, 0.05) is 17.3 Å². The van der Waals surface area contributed by atoms with Gasteiger partial charge in [-0.3, -0.25) is 14.4 Å². The predicted octanol–water partition coefficient (Wildman–Crippen LogP) is 3.68. The smallest absolute Gasteiger partial charge is 0.293 e. The van der Waals surface area contributed by atoms with Crippen molar-refractivity contribution in [3.63, 3.8) is 0 Å². The minimum atomic E-state index is -1.12. The summed E-state index contributed by atoms with van der Waals surface area (Å²) in [6.45, 7) is 8.17. The third kappa shape index (κ3) is 2.67. The number of allylic oxidation sites excluding steroid dienone is 4. The Bertz CT molecular complexity index is 915. The lowest BCUT2D eigenvalue weighted by Crippen LogP contribution is -2.59. The van der Waals surface area contributed by atoms with E-state index in [1.165, 1.54) is 11.1 Å². The van der Waals surface area contributed by atoms with Crippen molar-refractivity contribution in [2.24, 2.45) is 22.7 Å². The van der Waals surface area contributed by atoms with Gasteiger partial charge >= 0.3 is 0 Å². The first-order valence-corrected chi connectivity index (χ1v) is 11.5. The zero-order chi connectivity index (χ0) is 22.2. The molecule has 31 heavy (non-hydrogen) atoms. The van der Waals surface area contributed by atoms with E-state index in [1.54, 1.807) is 0 Å². The second-order valence-electron chi connectivity index (χ2n) is 10.9. The summed E-state index contributed by atoms with van der Waals surface area (Å²) in [5, 5.41) is 0. The Morgan fingerprint density at radius 1 is 1.26 bits per heavy atom. The number of fused-ring (bicyclic) bond motifs is 7. The number of rotatable bonds is 4. The molecule has 0 amide bonds. The largest absolute Gasteiger partial charge is 0.460 e. The van der Waals surface area contributed by atoms with Crippen molar-refractivity contribution in [2.75, 3.05) is 6.61 Å². The van der Waals surface area contributed by atoms with E-state index < -0.39 is 16.8 Å². The topological polar surface area (TPSA) is 78.9 Å². The van der Waals surface area contributed by atoms with Gasteiger partial charge in [0.2, 0.25) is 5.78 Å². The van der Waals surface area contributed by atoms with Crippen molar-refractivity contribution in [3.05, 3.63) is 23.3 Å². The summed E-state index contributed by atoms with van der Waals surface area (Å²) in [7, 11) is 0. The second kappa shape index (κ2) is 6.61. The highest BCUT2D eigenvalue weighted by Gasteiger charge is 2.75. The molecule has 1 aliphatic heterocycles. The number of ether oxygens (including phenoxy) is 3. The molecule has 6 heteroatoms. The Morgan fingerprint density at radius 2 is 2.03 bits per heavy atom. The van der Waals surface area contributed by atoms with Gasteiger partial charge in [0.15, 0.2) is 23.8 Å². The van der Waals surface area contributed by atoms with Crippen molar-refractivity contribution < 1.29 is 28.6 Å². The summed E-state index contributed by atoms with van der Waals surface area (Å²) >= 11 is 0. The van der Waals surface area contributed by atoms with Gasteiger partial charge < -0.3 is 14.2 Å². The molecule has 5 aliphatic rings. The molecule has 0 N–H and O–H groups in total. The molecule has 6 nitrogen and oxygen atoms in total. The monoisotopic (exact) mass is 428 g/mol. The second-order valence-corrected chi connectivity index (χ2v) is 10.9. The number of hydrogen-bond acceptors (Lipinski definition) is 6. The van der Waals surface area contributed by atoms with Crippen LogP contribution in [0.3, 0.4) is 0 Å². The molecule has 6 atom stereocenters. The van der Waals surface area contributed by atoms with Crippen LogP contribution in [0.5, 0.6) is 0 Å². The molecule has 0 aromatic heterocycles. The van der Waals surface area contributed by atoms with Gasteiger partial charge in [0.1, 0.15) is 0 Å². The Morgan fingerprint density at radius 3 is 2.77 bits per heavy atom. The third-order valence-electron chi connectivity index (χ3n) is 9.03. The molecule has 1 heterocycles. The van der Waals surface area contributed by atoms with Crippen LogP contribution in [0.4, 0.5) is 0 Å². The van der Waals surface area contributed by atoms with E-state index in [0.717, 1.165) is 25.7 Å². The third-order valence-corrected chi connectivity index (χ3v) is 9.03. The van der Waals surface area contributed by atoms with E-state index in [9.17, 15) is 14.4 Å². The minimum absolute atomic E-state index is 0.0609. The summed E-state index contributed by atoms with van der Waals surface area (Å²) < 4.78 is 17.6. The lowest BCUT2D eigenvalue weighted by molar-refractivity contribution is -0.206. The maximum absolute atomic E-state index is 13.5. The van der Waals surface area contributed by atoms with Crippen molar-refractivity contribution in [1.29, 1.82) is 0 Å². The maximum atomic E-state index is 13.5. The van der Waals surface area contributed by atoms with E-state index in [2.05, 4.69) is 19.9 Å². The van der Waals surface area contributed by atoms with Crippen LogP contribution in [0.15, 0.2) is 23.3 Å². The van der Waals surface area contributed by atoms with Crippen LogP contribution in [-0.2, 0) is 28.6 Å². The van der Waals surface area contributed by atoms with Crippen LogP contribution in [-0.4, -0.2) is 42.1 Å². The summed E-state index contributed by atoms with van der Waals surface area (Å²) in [6.07, 6.45) is 8.68. The van der Waals surface area contributed by atoms with Crippen LogP contribution < -0.4 is 0 Å². The Kier molecular flexibility index (Phi) is 4.49. The van der Waals surface area contributed by atoms with Crippen molar-refractivity contribution in [2.45, 2.75) is 83.7 Å². The van der Waals surface area contributed by atoms with Crippen LogP contribution in [0.2, 0.25) is 0 Å². The molecule has 2 saturated carbocycles. The highest BCUT2D eigenvalue weighted by Crippen LogP contribution is 2.69. The lowest BCUT2D eigenvalue weighted by atomic mass is 9.50. The van der Waals surface area contributed by atoms with Crippen molar-refractivity contribution in [3.8, 4) is 0 Å². The van der Waals surface area contributed by atoms with Gasteiger partial charge in [-0.15, -0.1) is 0 Å². The lowest BCUT2D eigenvalue weighted by Gasteiger charge is -2.55. The molecule has 0 radical (unpaired) electrons. The Labute approximate surface area is 183 Å². The molecule has 0 spiro atoms. The number of carbonyl (C=O) groups excluding carboxylic acids is 3. The van der Waals surface area contributed by atoms with Crippen LogP contribution in [0, 0.1) is 22.7 Å². The van der Waals surface area contributed by atoms with Crippen molar-refractivity contribution in [1.82, 2.24) is 0 Å². The molecule has 4 aliphatic carbocycles. The maximum Gasteiger partial charge on any atom is 0.293 e. The minimum Gasteiger partial charge on any atom is -0.460 e. The molecular formula is C25H32O6. The van der Waals surface area contributed by atoms with Gasteiger partial charge in [-0.1, -0.05) is 31.1 Å². The van der Waals surface area contributed by atoms with E-state index >= 15 is 0 Å². The standard InChI is InChI=1S/C25H32O6/c1-22(2)30-21-12-19-17-6-5-15-11-16(27)7-9-23(15,3)18(17)8-10-24(19,4)25(21,31-22)20(28)13-29-14-26/h8,11,14,17,19,21H,5-7,9-10,12-13H2,1-4H3. The molecule has 3 fully saturated rings. The number of hydrogen-bond donors (Lipinski definition) is 0. The highest BCUT2D eigenvalue weighted by atomic mass is 16.8. The highest BCUT2D eigenvalue weighted by molar-refractivity contribution is 5.92. The summed E-state index contributed by atoms with van der Waals surface area (Å²) in [6, 6.07) is 0. The zero-order valence-electron chi connectivity index (χ0n) is 18.9. The first-order valence-electron chi connectivity index (χ1n) is 11.5. The average molecular weight is 429 g/mol. The Hall–Kier alpha value is -1.79. The molecular weight excluding hydrogens is 396 g/mol. The number of ketones is 2. The molecule has 0 bridgehead atoms. The Balaban J connectivity index is 1.57. The molecule has 0 aromatic rings. The van der Waals surface area contributed by atoms with E-state index in [-0.39, 0.29) is 35.6 Å². The SMILES string of the molecule is CC1(C)OC2CC3C4CCC5=CC(=O)CCC5(C)C4=CCC3(C)C2(C(=O)COC=O)O1. The van der Waals surface area contributed by atoms with Gasteiger partial charge in [0.25, 0.3) is 6.47 Å². The number of carbonyl (C=O) groups is 3. The molecule has 5 rings (SSSR count). The number of Topliss-reactive ketones (excluding diaryl/α,β-unsaturated/α-hetero) is 1. The fraction of sp³-hybridized carbons (Fsp3) is 0.720. The molecule has 168 valence electrons. The fourth-order valence-electron chi connectivity index (χ4n) is 7.68. The van der Waals surface area contributed by atoms with Gasteiger partial charge in [-0.2, -0.15) is 0 Å². The summed E-state index contributed by atoms with van der Waals surface area (Å²) in [5.74, 6) is -0.247. The van der Waals surface area contributed by atoms with Crippen molar-refractivity contribution >= 4 is 18.0 Å². The fourth-order valence-corrected chi connectivity index (χ4v) is 7.68. The van der Waals surface area contributed by atoms with E-state index in [4.69, 9.17) is 14.2 Å². The van der Waals surface area contributed by atoms with E-state index in [1.807, 2.05) is 19.9 Å². The predicted molar refractivity (Wildman–Crippen MR) is 112 cm³/mol. The van der Waals surface area contributed by atoms with Crippen LogP contribution in [0.1, 0.15) is 66.2 Å². The van der Waals surface area contributed by atoms with E-state index in [0.29, 0.717) is 25.2 Å².